The van der Waals surface area contributed by atoms with Gasteiger partial charge < -0.3 is 5.11 Å². The van der Waals surface area contributed by atoms with Gasteiger partial charge in [-0.3, -0.25) is 4.90 Å². The van der Waals surface area contributed by atoms with Crippen molar-refractivity contribution in [3.8, 4) is 0 Å². The molecule has 4 bridgehead atoms. The van der Waals surface area contributed by atoms with Crippen LogP contribution in [0.1, 0.15) is 65.2 Å². The molecule has 5 rings (SSSR count). The lowest BCUT2D eigenvalue weighted by molar-refractivity contribution is -0.128. The monoisotopic (exact) mass is 291 g/mol. The average Bonchev–Trinajstić information content (AvgIpc) is 2.85. The summed E-state index contributed by atoms with van der Waals surface area (Å²) in [6.45, 7) is 6.86. The molecular formula is C19H33NO. The molecule has 2 atom stereocenters. The van der Waals surface area contributed by atoms with Crippen LogP contribution in [0.2, 0.25) is 0 Å². The van der Waals surface area contributed by atoms with Crippen molar-refractivity contribution < 1.29 is 5.11 Å². The minimum Gasteiger partial charge on any atom is -0.391 e. The molecule has 2 nitrogen and oxygen atoms in total. The smallest absolute Gasteiger partial charge is 0.0723 e. The molecule has 0 amide bonds. The topological polar surface area (TPSA) is 23.5 Å². The lowest BCUT2D eigenvalue weighted by Gasteiger charge is -2.58. The Labute approximate surface area is 130 Å². The van der Waals surface area contributed by atoms with Gasteiger partial charge in [0.25, 0.3) is 0 Å². The molecular weight excluding hydrogens is 258 g/mol. The van der Waals surface area contributed by atoms with Crippen LogP contribution in [-0.2, 0) is 0 Å². The maximum atomic E-state index is 11.1. The number of hydrogen-bond acceptors (Lipinski definition) is 2. The minimum absolute atomic E-state index is 0.0646. The van der Waals surface area contributed by atoms with Crippen molar-refractivity contribution >= 4 is 0 Å². The summed E-state index contributed by atoms with van der Waals surface area (Å²) in [4.78, 5) is 2.62. The summed E-state index contributed by atoms with van der Waals surface area (Å²) in [5.74, 6) is 3.58. The Balaban J connectivity index is 1.46. The van der Waals surface area contributed by atoms with Crippen molar-refractivity contribution in [2.45, 2.75) is 77.4 Å². The molecule has 0 aromatic heterocycles. The quantitative estimate of drug-likeness (QED) is 0.854. The lowest BCUT2D eigenvalue weighted by atomic mass is 9.48. The van der Waals surface area contributed by atoms with Gasteiger partial charge in [-0.25, -0.2) is 0 Å². The predicted octanol–water partition coefficient (Wildman–Crippen LogP) is 3.68. The SMILES string of the molecule is CC(C)C1CCCN1CC(O)C12CC3CC(CC(C3)C1)C2. The Morgan fingerprint density at radius 2 is 1.62 bits per heavy atom. The van der Waals surface area contributed by atoms with Gasteiger partial charge in [0.2, 0.25) is 0 Å². The first-order chi connectivity index (χ1) is 10.1. The van der Waals surface area contributed by atoms with Crippen molar-refractivity contribution in [2.24, 2.45) is 29.1 Å². The summed E-state index contributed by atoms with van der Waals surface area (Å²) in [5.41, 5.74) is 0.304. The van der Waals surface area contributed by atoms with Crippen molar-refractivity contribution in [2.75, 3.05) is 13.1 Å². The van der Waals surface area contributed by atoms with Gasteiger partial charge in [0.1, 0.15) is 0 Å². The molecule has 0 spiro atoms. The number of aliphatic hydroxyl groups excluding tert-OH is 1. The summed E-state index contributed by atoms with van der Waals surface area (Å²) >= 11 is 0. The van der Waals surface area contributed by atoms with Crippen LogP contribution in [0.3, 0.4) is 0 Å². The fourth-order valence-corrected chi connectivity index (χ4v) is 6.84. The van der Waals surface area contributed by atoms with E-state index in [4.69, 9.17) is 0 Å². The van der Waals surface area contributed by atoms with Crippen LogP contribution >= 0.6 is 0 Å². The number of aliphatic hydroxyl groups is 1. The molecule has 1 heterocycles. The Bertz CT molecular complexity index is 356. The Hall–Kier alpha value is -0.0800. The highest BCUT2D eigenvalue weighted by Crippen LogP contribution is 2.61. The molecule has 120 valence electrons. The number of nitrogens with zero attached hydrogens (tertiary/aromatic N) is 1. The number of β-amino-alcohol motifs (C(OH)–C–C–N with tert-alkyl or cyclic N) is 1. The van der Waals surface area contributed by atoms with Gasteiger partial charge in [0.05, 0.1) is 6.10 Å². The highest BCUT2D eigenvalue weighted by atomic mass is 16.3. The molecule has 5 aliphatic rings. The Morgan fingerprint density at radius 3 is 2.14 bits per heavy atom. The number of rotatable bonds is 4. The van der Waals surface area contributed by atoms with Crippen LogP contribution in [0.5, 0.6) is 0 Å². The van der Waals surface area contributed by atoms with Crippen LogP contribution in [-0.4, -0.2) is 35.2 Å². The molecule has 5 fully saturated rings. The van der Waals surface area contributed by atoms with E-state index in [1.165, 1.54) is 57.9 Å². The molecule has 0 aromatic rings. The lowest BCUT2D eigenvalue weighted by Crippen LogP contribution is -2.55. The third-order valence-electron chi connectivity index (χ3n) is 7.38. The molecule has 0 aromatic carbocycles. The first kappa shape index (κ1) is 14.5. The minimum atomic E-state index is -0.0646. The normalized spacial score (nSPS) is 47.4. The van der Waals surface area contributed by atoms with Crippen molar-refractivity contribution in [1.82, 2.24) is 4.90 Å². The Morgan fingerprint density at radius 1 is 1.05 bits per heavy atom. The summed E-state index contributed by atoms with van der Waals surface area (Å²) in [6.07, 6.45) is 11.0. The fraction of sp³-hybridized carbons (Fsp3) is 1.00. The molecule has 4 saturated carbocycles. The molecule has 21 heavy (non-hydrogen) atoms. The third-order valence-corrected chi connectivity index (χ3v) is 7.38. The summed E-state index contributed by atoms with van der Waals surface area (Å²) in [6, 6.07) is 0.716. The van der Waals surface area contributed by atoms with E-state index in [0.717, 1.165) is 30.2 Å². The fourth-order valence-electron chi connectivity index (χ4n) is 6.84. The molecule has 1 aliphatic heterocycles. The molecule has 2 heteroatoms. The van der Waals surface area contributed by atoms with E-state index in [0.29, 0.717) is 11.5 Å². The average molecular weight is 291 g/mol. The second kappa shape index (κ2) is 5.23. The second-order valence-corrected chi connectivity index (χ2v) is 9.24. The molecule has 1 saturated heterocycles. The zero-order chi connectivity index (χ0) is 14.6. The summed E-state index contributed by atoms with van der Waals surface area (Å²) in [7, 11) is 0. The summed E-state index contributed by atoms with van der Waals surface area (Å²) < 4.78 is 0. The van der Waals surface area contributed by atoms with Crippen LogP contribution in [0.15, 0.2) is 0 Å². The molecule has 1 N–H and O–H groups in total. The highest BCUT2D eigenvalue weighted by molar-refractivity contribution is 5.05. The van der Waals surface area contributed by atoms with E-state index in [2.05, 4.69) is 18.7 Å². The number of likely N-dealkylation sites (tertiary alicyclic amines) is 1. The van der Waals surface area contributed by atoms with Gasteiger partial charge >= 0.3 is 0 Å². The van der Waals surface area contributed by atoms with Gasteiger partial charge in [0.15, 0.2) is 0 Å². The standard InChI is InChI=1S/C19H33NO/c1-13(2)17-4-3-5-20(17)12-18(21)19-9-14-6-15(10-19)8-16(7-14)11-19/h13-18,21H,3-12H2,1-2H3. The first-order valence-electron chi connectivity index (χ1n) is 9.48. The molecule has 0 radical (unpaired) electrons. The zero-order valence-electron chi connectivity index (χ0n) is 13.9. The first-order valence-corrected chi connectivity index (χ1v) is 9.48. The zero-order valence-corrected chi connectivity index (χ0v) is 13.9. The maximum Gasteiger partial charge on any atom is 0.0723 e. The van der Waals surface area contributed by atoms with Gasteiger partial charge in [-0.15, -0.1) is 0 Å². The van der Waals surface area contributed by atoms with E-state index in [1.54, 1.807) is 0 Å². The maximum absolute atomic E-state index is 11.1. The van der Waals surface area contributed by atoms with Crippen molar-refractivity contribution in [1.29, 1.82) is 0 Å². The van der Waals surface area contributed by atoms with Gasteiger partial charge in [-0.2, -0.15) is 0 Å². The molecule has 4 aliphatic carbocycles. The Kier molecular flexibility index (Phi) is 3.61. The number of hydrogen-bond donors (Lipinski definition) is 1. The predicted molar refractivity (Wildman–Crippen MR) is 86.0 cm³/mol. The van der Waals surface area contributed by atoms with Crippen LogP contribution in [0.4, 0.5) is 0 Å². The van der Waals surface area contributed by atoms with E-state index < -0.39 is 0 Å². The van der Waals surface area contributed by atoms with Crippen LogP contribution in [0.25, 0.3) is 0 Å². The van der Waals surface area contributed by atoms with Crippen molar-refractivity contribution in [3.05, 3.63) is 0 Å². The van der Waals surface area contributed by atoms with Gasteiger partial charge in [-0.05, 0) is 87.0 Å². The van der Waals surface area contributed by atoms with Gasteiger partial charge in [0, 0.05) is 12.6 Å². The summed E-state index contributed by atoms with van der Waals surface area (Å²) in [5, 5.41) is 11.1. The largest absolute Gasteiger partial charge is 0.391 e. The van der Waals surface area contributed by atoms with Crippen molar-refractivity contribution in [3.63, 3.8) is 0 Å². The van der Waals surface area contributed by atoms with Crippen LogP contribution < -0.4 is 0 Å². The second-order valence-electron chi connectivity index (χ2n) is 9.24. The van der Waals surface area contributed by atoms with E-state index in [1.807, 2.05) is 0 Å². The highest BCUT2D eigenvalue weighted by Gasteiger charge is 2.54. The van der Waals surface area contributed by atoms with Gasteiger partial charge in [-0.1, -0.05) is 13.8 Å². The van der Waals surface area contributed by atoms with E-state index in [-0.39, 0.29) is 6.10 Å². The van der Waals surface area contributed by atoms with E-state index >= 15 is 0 Å². The third kappa shape index (κ3) is 2.47. The van der Waals surface area contributed by atoms with Crippen LogP contribution in [0, 0.1) is 29.1 Å². The molecule has 2 unspecified atom stereocenters. The van der Waals surface area contributed by atoms with E-state index in [9.17, 15) is 5.11 Å².